The fraction of sp³-hybridized carbons (Fsp3) is 0.412. The molecule has 0 aliphatic carbocycles. The van der Waals surface area contributed by atoms with Crippen molar-refractivity contribution in [2.45, 2.75) is 20.3 Å². The zero-order chi connectivity index (χ0) is 17.9. The Labute approximate surface area is 148 Å². The van der Waals surface area contributed by atoms with E-state index < -0.39 is 5.91 Å². The summed E-state index contributed by atoms with van der Waals surface area (Å²) in [5.41, 5.74) is 6.54. The highest BCUT2D eigenvalue weighted by atomic mass is 35.5. The monoisotopic (exact) mass is 349 g/mol. The summed E-state index contributed by atoms with van der Waals surface area (Å²) in [6.45, 7) is 7.95. The maximum atomic E-state index is 12.1. The smallest absolute Gasteiger partial charge is 0.267 e. The molecular weight excluding hydrogens is 326 g/mol. The van der Waals surface area contributed by atoms with E-state index in [4.69, 9.17) is 22.6 Å². The van der Waals surface area contributed by atoms with Crippen LogP contribution in [0.25, 0.3) is 0 Å². The lowest BCUT2D eigenvalue weighted by atomic mass is 10.2. The van der Waals surface area contributed by atoms with Gasteiger partial charge in [-0.3, -0.25) is 4.79 Å². The van der Waals surface area contributed by atoms with Crippen molar-refractivity contribution in [3.8, 4) is 6.07 Å². The number of carbonyl (C=O) groups is 1. The number of benzene rings is 1. The van der Waals surface area contributed by atoms with Crippen LogP contribution in [0.1, 0.15) is 20.3 Å². The van der Waals surface area contributed by atoms with Gasteiger partial charge in [0.2, 0.25) is 0 Å². The second-order valence-electron chi connectivity index (χ2n) is 5.19. The Kier molecular flexibility index (Phi) is 8.69. The van der Waals surface area contributed by atoms with E-state index in [1.807, 2.05) is 6.07 Å². The van der Waals surface area contributed by atoms with E-state index in [1.54, 1.807) is 18.2 Å². The van der Waals surface area contributed by atoms with Crippen LogP contribution in [0.2, 0.25) is 5.02 Å². The van der Waals surface area contributed by atoms with Crippen molar-refractivity contribution >= 4 is 28.9 Å². The maximum Gasteiger partial charge on any atom is 0.267 e. The van der Waals surface area contributed by atoms with Crippen LogP contribution in [-0.4, -0.2) is 37.0 Å². The van der Waals surface area contributed by atoms with Crippen molar-refractivity contribution in [1.29, 1.82) is 5.26 Å². The topological polar surface area (TPSA) is 94.2 Å². The van der Waals surface area contributed by atoms with Crippen LogP contribution in [0, 0.1) is 11.3 Å². The summed E-state index contributed by atoms with van der Waals surface area (Å²) in [4.78, 5) is 14.4. The summed E-state index contributed by atoms with van der Waals surface area (Å²) in [5, 5.41) is 15.1. The van der Waals surface area contributed by atoms with Crippen LogP contribution in [0.15, 0.2) is 30.0 Å². The summed E-state index contributed by atoms with van der Waals surface area (Å²) in [7, 11) is 0. The molecule has 0 radical (unpaired) electrons. The van der Waals surface area contributed by atoms with Gasteiger partial charge >= 0.3 is 0 Å². The van der Waals surface area contributed by atoms with E-state index in [2.05, 4.69) is 29.4 Å². The molecule has 0 saturated carbocycles. The third kappa shape index (κ3) is 6.49. The number of anilines is 2. The fourth-order valence-corrected chi connectivity index (χ4v) is 2.25. The minimum atomic E-state index is -0.491. The average Bonchev–Trinajstić information content (AvgIpc) is 2.57. The summed E-state index contributed by atoms with van der Waals surface area (Å²) in [5.74, 6) is -0.491. The van der Waals surface area contributed by atoms with Gasteiger partial charge in [0.25, 0.3) is 5.91 Å². The van der Waals surface area contributed by atoms with E-state index in [0.717, 1.165) is 26.1 Å². The number of nitriles is 1. The molecule has 1 aromatic carbocycles. The summed E-state index contributed by atoms with van der Waals surface area (Å²) in [6, 6.07) is 6.66. The van der Waals surface area contributed by atoms with Crippen molar-refractivity contribution in [2.24, 2.45) is 0 Å². The van der Waals surface area contributed by atoms with Gasteiger partial charge in [-0.1, -0.05) is 25.4 Å². The Balaban J connectivity index is 2.51. The molecule has 7 heteroatoms. The van der Waals surface area contributed by atoms with Crippen molar-refractivity contribution < 1.29 is 4.79 Å². The number of hydrogen-bond acceptors (Lipinski definition) is 5. The molecule has 0 fully saturated rings. The minimum absolute atomic E-state index is 0.00536. The van der Waals surface area contributed by atoms with Crippen LogP contribution in [0.4, 0.5) is 11.4 Å². The van der Waals surface area contributed by atoms with E-state index >= 15 is 0 Å². The fourth-order valence-electron chi connectivity index (χ4n) is 2.07. The second-order valence-corrected chi connectivity index (χ2v) is 5.60. The second kappa shape index (κ2) is 10.5. The van der Waals surface area contributed by atoms with Crippen LogP contribution in [0.5, 0.6) is 0 Å². The molecule has 130 valence electrons. The zero-order valence-electron chi connectivity index (χ0n) is 14.1. The Hall–Kier alpha value is -2.23. The molecule has 1 rings (SSSR count). The first-order valence-corrected chi connectivity index (χ1v) is 8.32. The van der Waals surface area contributed by atoms with Crippen LogP contribution in [-0.2, 0) is 4.79 Å². The van der Waals surface area contributed by atoms with Crippen molar-refractivity contribution in [1.82, 2.24) is 10.2 Å². The molecule has 4 N–H and O–H groups in total. The zero-order valence-corrected chi connectivity index (χ0v) is 14.9. The molecule has 6 nitrogen and oxygen atoms in total. The number of carbonyl (C=O) groups excluding carboxylic acids is 1. The highest BCUT2D eigenvalue weighted by Gasteiger charge is 2.10. The van der Waals surface area contributed by atoms with Crippen molar-refractivity contribution in [3.63, 3.8) is 0 Å². The molecule has 0 heterocycles. The van der Waals surface area contributed by atoms with Crippen molar-refractivity contribution in [2.75, 3.05) is 37.2 Å². The van der Waals surface area contributed by atoms with Crippen LogP contribution in [0.3, 0.4) is 0 Å². The predicted octanol–water partition coefficient (Wildman–Crippen LogP) is 2.59. The lowest BCUT2D eigenvalue weighted by Gasteiger charge is -2.17. The average molecular weight is 350 g/mol. The number of halogens is 1. The van der Waals surface area contributed by atoms with Gasteiger partial charge in [0, 0.05) is 18.4 Å². The van der Waals surface area contributed by atoms with Gasteiger partial charge in [0.1, 0.15) is 11.6 Å². The Bertz CT molecular complexity index is 620. The lowest BCUT2D eigenvalue weighted by molar-refractivity contribution is -0.112. The molecule has 1 amide bonds. The molecule has 1 aromatic rings. The van der Waals surface area contributed by atoms with Crippen LogP contribution >= 0.6 is 11.6 Å². The largest absolute Gasteiger partial charge is 0.398 e. The molecule has 0 atom stereocenters. The third-order valence-electron chi connectivity index (χ3n) is 3.56. The quantitative estimate of drug-likeness (QED) is 0.276. The summed E-state index contributed by atoms with van der Waals surface area (Å²) >= 11 is 5.91. The van der Waals surface area contributed by atoms with E-state index in [0.29, 0.717) is 22.9 Å². The normalized spacial score (nSPS) is 11.2. The standard InChI is InChI=1S/C17H24ClN5O/c1-3-23(4-2)9-5-8-21-12-13(11-19)17(24)22-14-6-7-16(20)15(18)10-14/h6-7,10,12,21H,3-5,8-9,20H2,1-2H3,(H,22,24)/b13-12-. The SMILES string of the molecule is CCN(CC)CCCN/C=C(/C#N)C(=O)Nc1ccc(N)c(Cl)c1. The molecule has 0 saturated heterocycles. The molecule has 0 aliphatic heterocycles. The van der Waals surface area contributed by atoms with Gasteiger partial charge in [0.15, 0.2) is 0 Å². The van der Waals surface area contributed by atoms with Crippen LogP contribution < -0.4 is 16.4 Å². The minimum Gasteiger partial charge on any atom is -0.398 e. The van der Waals surface area contributed by atoms with E-state index in [9.17, 15) is 4.79 Å². The number of hydrogen-bond donors (Lipinski definition) is 3. The molecule has 0 aromatic heterocycles. The number of amides is 1. The molecule has 0 unspecified atom stereocenters. The maximum absolute atomic E-state index is 12.1. The number of nitrogens with zero attached hydrogens (tertiary/aromatic N) is 2. The van der Waals surface area contributed by atoms with Crippen molar-refractivity contribution in [3.05, 3.63) is 35.0 Å². The highest BCUT2D eigenvalue weighted by Crippen LogP contribution is 2.22. The first kappa shape index (κ1) is 19.8. The van der Waals surface area contributed by atoms with Gasteiger partial charge < -0.3 is 21.3 Å². The van der Waals surface area contributed by atoms with E-state index in [1.165, 1.54) is 6.20 Å². The van der Waals surface area contributed by atoms with Gasteiger partial charge in [-0.2, -0.15) is 5.26 Å². The van der Waals surface area contributed by atoms with Gasteiger partial charge in [-0.15, -0.1) is 0 Å². The molecular formula is C17H24ClN5O. The van der Waals surface area contributed by atoms with Gasteiger partial charge in [-0.05, 0) is 44.3 Å². The Morgan fingerprint density at radius 3 is 2.71 bits per heavy atom. The Morgan fingerprint density at radius 1 is 1.42 bits per heavy atom. The number of nitrogen functional groups attached to an aromatic ring is 1. The number of nitrogens with one attached hydrogen (secondary N) is 2. The molecule has 0 spiro atoms. The highest BCUT2D eigenvalue weighted by molar-refractivity contribution is 6.33. The number of rotatable bonds is 9. The summed E-state index contributed by atoms with van der Waals surface area (Å²) in [6.07, 6.45) is 2.38. The Morgan fingerprint density at radius 2 is 2.12 bits per heavy atom. The predicted molar refractivity (Wildman–Crippen MR) is 98.6 cm³/mol. The molecule has 24 heavy (non-hydrogen) atoms. The first-order valence-electron chi connectivity index (χ1n) is 7.94. The number of nitrogens with two attached hydrogens (primary N) is 1. The molecule has 0 aliphatic rings. The van der Waals surface area contributed by atoms with E-state index in [-0.39, 0.29) is 5.57 Å². The summed E-state index contributed by atoms with van der Waals surface area (Å²) < 4.78 is 0. The first-order chi connectivity index (χ1) is 11.5. The lowest BCUT2D eigenvalue weighted by Crippen LogP contribution is -2.26. The van der Waals surface area contributed by atoms with Gasteiger partial charge in [-0.25, -0.2) is 0 Å². The van der Waals surface area contributed by atoms with Gasteiger partial charge in [0.05, 0.1) is 10.7 Å². The molecule has 0 bridgehead atoms. The third-order valence-corrected chi connectivity index (χ3v) is 3.89.